The minimum absolute atomic E-state index is 0.539. The zero-order valence-electron chi connectivity index (χ0n) is 13.3. The first kappa shape index (κ1) is 15.9. The molecular formula is C16H24N2O2S. The van der Waals surface area contributed by atoms with Crippen molar-refractivity contribution in [1.82, 2.24) is 4.57 Å². The summed E-state index contributed by atoms with van der Waals surface area (Å²) in [5, 5.41) is 1.11. The van der Waals surface area contributed by atoms with Crippen molar-refractivity contribution in [3.8, 4) is 0 Å². The van der Waals surface area contributed by atoms with Crippen LogP contribution in [0.15, 0.2) is 24.3 Å². The summed E-state index contributed by atoms with van der Waals surface area (Å²) in [6.07, 6.45) is 4.28. The molecule has 21 heavy (non-hydrogen) atoms. The quantitative estimate of drug-likeness (QED) is 0.767. The van der Waals surface area contributed by atoms with Crippen molar-refractivity contribution in [3.05, 3.63) is 29.8 Å². The first-order valence-electron chi connectivity index (χ1n) is 7.39. The first-order chi connectivity index (χ1) is 9.88. The van der Waals surface area contributed by atoms with Crippen molar-refractivity contribution in [3.63, 3.8) is 0 Å². The molecule has 4 nitrogen and oxygen atoms in total. The molecule has 0 fully saturated rings. The van der Waals surface area contributed by atoms with E-state index in [1.165, 1.54) is 6.26 Å². The lowest BCUT2D eigenvalue weighted by Crippen LogP contribution is -2.32. The number of hydrogen-bond donors (Lipinski definition) is 0. The molecule has 0 N–H and O–H groups in total. The molecule has 0 saturated heterocycles. The minimum atomic E-state index is -3.28. The number of nitrogens with zero attached hydrogens (tertiary/aromatic N) is 2. The maximum Gasteiger partial charge on any atom is 0.233 e. The van der Waals surface area contributed by atoms with Gasteiger partial charge >= 0.3 is 0 Å². The van der Waals surface area contributed by atoms with Crippen molar-refractivity contribution in [2.24, 2.45) is 7.05 Å². The predicted molar refractivity (Wildman–Crippen MR) is 89.4 cm³/mol. The van der Waals surface area contributed by atoms with Crippen LogP contribution in [0.1, 0.15) is 31.7 Å². The molecule has 0 unspecified atom stereocenters. The summed E-state index contributed by atoms with van der Waals surface area (Å²) in [6.45, 7) is 4.65. The van der Waals surface area contributed by atoms with Gasteiger partial charge in [0, 0.05) is 30.1 Å². The summed E-state index contributed by atoms with van der Waals surface area (Å²) < 4.78 is 28.0. The van der Waals surface area contributed by atoms with Gasteiger partial charge in [-0.15, -0.1) is 0 Å². The summed E-state index contributed by atoms with van der Waals surface area (Å²) in [6, 6.07) is 8.04. The van der Waals surface area contributed by atoms with E-state index in [2.05, 4.69) is 6.92 Å². The Bertz CT molecular complexity index is 693. The Kier molecular flexibility index (Phi) is 4.61. The van der Waals surface area contributed by atoms with Crippen molar-refractivity contribution in [1.29, 1.82) is 0 Å². The van der Waals surface area contributed by atoms with Gasteiger partial charge in [-0.25, -0.2) is 8.42 Å². The molecule has 0 saturated carbocycles. The second-order valence-electron chi connectivity index (χ2n) is 5.57. The van der Waals surface area contributed by atoms with E-state index in [1.807, 2.05) is 42.8 Å². The van der Waals surface area contributed by atoms with Crippen molar-refractivity contribution in [2.75, 3.05) is 17.1 Å². The van der Waals surface area contributed by atoms with Gasteiger partial charge in [0.2, 0.25) is 10.0 Å². The molecule has 0 amide bonds. The highest BCUT2D eigenvalue weighted by Crippen LogP contribution is 2.32. The number of aromatic nitrogens is 1. The number of aryl methyl sites for hydroxylation is 2. The van der Waals surface area contributed by atoms with Crippen LogP contribution in [0.3, 0.4) is 0 Å². The zero-order chi connectivity index (χ0) is 15.6. The standard InChI is InChI=1S/C16H24N2O2S/c1-5-6-9-12-18(21(4,19)20)16-13(2)14-10-7-8-11-15(14)17(16)3/h7-8,10-11H,5-6,9,12H2,1-4H3. The molecule has 1 heterocycles. The summed E-state index contributed by atoms with van der Waals surface area (Å²) >= 11 is 0. The number of unbranched alkanes of at least 4 members (excludes halogenated alkanes) is 2. The maximum atomic E-state index is 12.2. The Morgan fingerprint density at radius 1 is 1.19 bits per heavy atom. The highest BCUT2D eigenvalue weighted by molar-refractivity contribution is 7.92. The maximum absolute atomic E-state index is 12.2. The summed E-state index contributed by atoms with van der Waals surface area (Å²) in [5.41, 5.74) is 2.09. The molecule has 1 aromatic carbocycles. The van der Waals surface area contributed by atoms with Crippen LogP contribution in [0.25, 0.3) is 10.9 Å². The van der Waals surface area contributed by atoms with Gasteiger partial charge in [-0.2, -0.15) is 0 Å². The Labute approximate surface area is 127 Å². The molecule has 0 radical (unpaired) electrons. The van der Waals surface area contributed by atoms with E-state index in [-0.39, 0.29) is 0 Å². The predicted octanol–water partition coefficient (Wildman–Crippen LogP) is 3.44. The second kappa shape index (κ2) is 6.10. The fraction of sp³-hybridized carbons (Fsp3) is 0.500. The molecule has 0 spiro atoms. The number of para-hydroxylation sites is 1. The van der Waals surface area contributed by atoms with Crippen LogP contribution in [-0.2, 0) is 17.1 Å². The lowest BCUT2D eigenvalue weighted by atomic mass is 10.2. The monoisotopic (exact) mass is 308 g/mol. The van der Waals surface area contributed by atoms with Gasteiger partial charge in [0.25, 0.3) is 0 Å². The second-order valence-corrected chi connectivity index (χ2v) is 7.47. The third kappa shape index (κ3) is 3.07. The van der Waals surface area contributed by atoms with Crippen LogP contribution in [0, 0.1) is 6.92 Å². The Balaban J connectivity index is 2.55. The average molecular weight is 308 g/mol. The highest BCUT2D eigenvalue weighted by Gasteiger charge is 2.23. The van der Waals surface area contributed by atoms with Crippen molar-refractivity contribution >= 4 is 26.7 Å². The number of rotatable bonds is 6. The van der Waals surface area contributed by atoms with Gasteiger partial charge in [-0.3, -0.25) is 4.31 Å². The van der Waals surface area contributed by atoms with Gasteiger partial charge in [0.1, 0.15) is 5.82 Å². The summed E-state index contributed by atoms with van der Waals surface area (Å²) in [4.78, 5) is 0. The molecule has 116 valence electrons. The number of anilines is 1. The van der Waals surface area contributed by atoms with Crippen LogP contribution in [0.2, 0.25) is 0 Å². The lowest BCUT2D eigenvalue weighted by Gasteiger charge is -2.24. The molecule has 0 aliphatic carbocycles. The smallest absolute Gasteiger partial charge is 0.233 e. The van der Waals surface area contributed by atoms with Crippen LogP contribution in [0.5, 0.6) is 0 Å². The van der Waals surface area contributed by atoms with E-state index < -0.39 is 10.0 Å². The van der Waals surface area contributed by atoms with E-state index >= 15 is 0 Å². The molecule has 5 heteroatoms. The van der Waals surface area contributed by atoms with Crippen LogP contribution in [-0.4, -0.2) is 25.8 Å². The summed E-state index contributed by atoms with van der Waals surface area (Å²) in [5.74, 6) is 0.787. The van der Waals surface area contributed by atoms with Crippen LogP contribution < -0.4 is 4.31 Å². The van der Waals surface area contributed by atoms with Crippen molar-refractivity contribution in [2.45, 2.75) is 33.1 Å². The average Bonchev–Trinajstić information content (AvgIpc) is 2.67. The molecule has 2 rings (SSSR count). The van der Waals surface area contributed by atoms with Gasteiger partial charge < -0.3 is 4.57 Å². The normalized spacial score (nSPS) is 12.0. The van der Waals surface area contributed by atoms with E-state index in [9.17, 15) is 8.42 Å². The van der Waals surface area contributed by atoms with E-state index in [4.69, 9.17) is 0 Å². The highest BCUT2D eigenvalue weighted by atomic mass is 32.2. The van der Waals surface area contributed by atoms with Gasteiger partial charge in [0.15, 0.2) is 0 Å². The van der Waals surface area contributed by atoms with Crippen LogP contribution >= 0.6 is 0 Å². The molecular weight excluding hydrogens is 284 g/mol. The molecule has 0 bridgehead atoms. The van der Waals surface area contributed by atoms with Gasteiger partial charge in [-0.1, -0.05) is 38.0 Å². The number of benzene rings is 1. The SMILES string of the molecule is CCCCCN(c1c(C)c2ccccc2n1C)S(C)(=O)=O. The fourth-order valence-corrected chi connectivity index (χ4v) is 3.89. The Morgan fingerprint density at radius 2 is 1.86 bits per heavy atom. The van der Waals surface area contributed by atoms with E-state index in [0.29, 0.717) is 6.54 Å². The number of hydrogen-bond acceptors (Lipinski definition) is 2. The van der Waals surface area contributed by atoms with E-state index in [1.54, 1.807) is 4.31 Å². The summed E-state index contributed by atoms with van der Waals surface area (Å²) in [7, 11) is -1.35. The van der Waals surface area contributed by atoms with Gasteiger partial charge in [-0.05, 0) is 19.4 Å². The lowest BCUT2D eigenvalue weighted by molar-refractivity contribution is 0.591. The van der Waals surface area contributed by atoms with E-state index in [0.717, 1.165) is 41.5 Å². The Morgan fingerprint density at radius 3 is 2.43 bits per heavy atom. The molecule has 2 aromatic rings. The number of fused-ring (bicyclic) bond motifs is 1. The minimum Gasteiger partial charge on any atom is -0.330 e. The fourth-order valence-electron chi connectivity index (χ4n) is 2.86. The molecule has 0 aliphatic heterocycles. The third-order valence-electron chi connectivity index (χ3n) is 3.92. The van der Waals surface area contributed by atoms with Crippen LogP contribution in [0.4, 0.5) is 5.82 Å². The number of sulfonamides is 1. The first-order valence-corrected chi connectivity index (χ1v) is 9.24. The van der Waals surface area contributed by atoms with Crippen molar-refractivity contribution < 1.29 is 8.42 Å². The topological polar surface area (TPSA) is 42.3 Å². The molecule has 0 atom stereocenters. The van der Waals surface area contributed by atoms with Gasteiger partial charge in [0.05, 0.1) is 6.26 Å². The largest absolute Gasteiger partial charge is 0.330 e. The third-order valence-corrected chi connectivity index (χ3v) is 5.08. The zero-order valence-corrected chi connectivity index (χ0v) is 14.1. The molecule has 1 aromatic heterocycles. The molecule has 0 aliphatic rings. The Hall–Kier alpha value is -1.49.